The molecule has 0 aliphatic rings. The van der Waals surface area contributed by atoms with Crippen LogP contribution in [0.5, 0.6) is 5.75 Å². The number of halogens is 1. The van der Waals surface area contributed by atoms with E-state index in [2.05, 4.69) is 33.1 Å². The number of nitrogens with one attached hydrogen (secondary N) is 2. The standard InChI is InChI=1S/C18H15BrN4O3/c1-2-9-26-17-10-13(11-20)7-8-16(17)22-18(12-23(24)25)21-15-6-4-3-5-14(15)19/h2-8,10,12,21-22H,1,9H2/b18-12+. The van der Waals surface area contributed by atoms with Crippen molar-refractivity contribution in [2.75, 3.05) is 17.2 Å². The molecule has 132 valence electrons. The van der Waals surface area contributed by atoms with Crippen LogP contribution >= 0.6 is 15.9 Å². The molecule has 0 aliphatic heterocycles. The van der Waals surface area contributed by atoms with Crippen molar-refractivity contribution in [2.24, 2.45) is 0 Å². The van der Waals surface area contributed by atoms with E-state index in [1.165, 1.54) is 0 Å². The molecule has 0 bridgehead atoms. The van der Waals surface area contributed by atoms with E-state index in [1.54, 1.807) is 36.4 Å². The van der Waals surface area contributed by atoms with Crippen molar-refractivity contribution in [3.8, 4) is 11.8 Å². The van der Waals surface area contributed by atoms with E-state index in [1.807, 2.05) is 18.2 Å². The number of benzene rings is 2. The summed E-state index contributed by atoms with van der Waals surface area (Å²) in [5, 5.41) is 25.9. The SMILES string of the molecule is C=CCOc1cc(C#N)ccc1N/C(=C/[N+](=O)[O-])Nc1ccccc1Br. The quantitative estimate of drug-likeness (QED) is 0.375. The van der Waals surface area contributed by atoms with Gasteiger partial charge in [-0.05, 0) is 40.2 Å². The van der Waals surface area contributed by atoms with Gasteiger partial charge in [-0.15, -0.1) is 0 Å². The van der Waals surface area contributed by atoms with E-state index in [0.29, 0.717) is 22.7 Å². The molecule has 2 aromatic carbocycles. The van der Waals surface area contributed by atoms with Crippen molar-refractivity contribution in [3.05, 3.63) is 87.3 Å². The van der Waals surface area contributed by atoms with E-state index < -0.39 is 4.92 Å². The molecule has 0 fully saturated rings. The highest BCUT2D eigenvalue weighted by Gasteiger charge is 2.11. The summed E-state index contributed by atoms with van der Waals surface area (Å²) in [7, 11) is 0. The minimum absolute atomic E-state index is 0.134. The van der Waals surface area contributed by atoms with Crippen LogP contribution in [0.1, 0.15) is 5.56 Å². The Bertz CT molecular complexity index is 890. The van der Waals surface area contributed by atoms with Gasteiger partial charge < -0.3 is 15.4 Å². The van der Waals surface area contributed by atoms with Gasteiger partial charge in [0.2, 0.25) is 0 Å². The Morgan fingerprint density at radius 2 is 2.04 bits per heavy atom. The summed E-state index contributed by atoms with van der Waals surface area (Å²) in [6.45, 7) is 3.82. The molecule has 0 amide bonds. The van der Waals surface area contributed by atoms with Gasteiger partial charge in [-0.1, -0.05) is 24.8 Å². The molecule has 0 heterocycles. The largest absolute Gasteiger partial charge is 0.487 e. The Balaban J connectivity index is 2.34. The third kappa shape index (κ3) is 5.36. The predicted octanol–water partition coefficient (Wildman–Crippen LogP) is 4.49. The molecule has 8 heteroatoms. The van der Waals surface area contributed by atoms with Crippen LogP contribution in [-0.2, 0) is 0 Å². The minimum atomic E-state index is -0.569. The summed E-state index contributed by atoms with van der Waals surface area (Å²) < 4.78 is 6.29. The van der Waals surface area contributed by atoms with Gasteiger partial charge in [-0.3, -0.25) is 10.1 Å². The van der Waals surface area contributed by atoms with Crippen molar-refractivity contribution in [1.29, 1.82) is 5.26 Å². The first-order chi connectivity index (χ1) is 12.5. The van der Waals surface area contributed by atoms with E-state index in [4.69, 9.17) is 10.00 Å². The highest BCUT2D eigenvalue weighted by molar-refractivity contribution is 9.10. The fraction of sp³-hybridized carbons (Fsp3) is 0.0556. The van der Waals surface area contributed by atoms with Gasteiger partial charge in [0.15, 0.2) is 5.82 Å². The van der Waals surface area contributed by atoms with Crippen LogP contribution in [0.4, 0.5) is 11.4 Å². The predicted molar refractivity (Wildman–Crippen MR) is 103 cm³/mol. The van der Waals surface area contributed by atoms with Crippen molar-refractivity contribution < 1.29 is 9.66 Å². The Hall–Kier alpha value is -3.31. The zero-order chi connectivity index (χ0) is 18.9. The molecular formula is C18H15BrN4O3. The van der Waals surface area contributed by atoms with Crippen LogP contribution in [-0.4, -0.2) is 11.5 Å². The number of anilines is 2. The average Bonchev–Trinajstić information content (AvgIpc) is 2.62. The molecule has 26 heavy (non-hydrogen) atoms. The second-order valence-electron chi connectivity index (χ2n) is 4.98. The molecule has 0 aliphatic carbocycles. The summed E-state index contributed by atoms with van der Waals surface area (Å²) in [6.07, 6.45) is 2.38. The number of nitrogens with zero attached hydrogens (tertiary/aromatic N) is 2. The summed E-state index contributed by atoms with van der Waals surface area (Å²) in [5.74, 6) is 0.516. The normalized spacial score (nSPS) is 10.5. The Labute approximate surface area is 158 Å². The molecule has 0 saturated heterocycles. The second kappa shape index (κ2) is 9.25. The Morgan fingerprint density at radius 3 is 2.69 bits per heavy atom. The zero-order valence-corrected chi connectivity index (χ0v) is 15.2. The summed E-state index contributed by atoms with van der Waals surface area (Å²) in [6, 6.07) is 14.0. The van der Waals surface area contributed by atoms with Crippen molar-refractivity contribution in [3.63, 3.8) is 0 Å². The number of nitriles is 1. The fourth-order valence-corrected chi connectivity index (χ4v) is 2.40. The monoisotopic (exact) mass is 414 g/mol. The maximum absolute atomic E-state index is 11.0. The molecule has 2 N–H and O–H groups in total. The third-order valence-electron chi connectivity index (χ3n) is 3.11. The first-order valence-electron chi connectivity index (χ1n) is 7.45. The van der Waals surface area contributed by atoms with Gasteiger partial charge in [0, 0.05) is 10.5 Å². The maximum atomic E-state index is 11.0. The van der Waals surface area contributed by atoms with Crippen LogP contribution in [0, 0.1) is 21.4 Å². The van der Waals surface area contributed by atoms with Gasteiger partial charge >= 0.3 is 0 Å². The lowest BCUT2D eigenvalue weighted by molar-refractivity contribution is -0.403. The van der Waals surface area contributed by atoms with E-state index in [-0.39, 0.29) is 12.4 Å². The number of hydrogen-bond donors (Lipinski definition) is 2. The molecule has 2 aromatic rings. The van der Waals surface area contributed by atoms with Crippen molar-refractivity contribution in [1.82, 2.24) is 0 Å². The molecular weight excluding hydrogens is 400 g/mol. The minimum Gasteiger partial charge on any atom is -0.487 e. The molecule has 0 spiro atoms. The van der Waals surface area contributed by atoms with Gasteiger partial charge in [-0.25, -0.2) is 0 Å². The maximum Gasteiger partial charge on any atom is 0.274 e. The summed E-state index contributed by atoms with van der Waals surface area (Å²) in [4.78, 5) is 10.4. The molecule has 0 radical (unpaired) electrons. The second-order valence-corrected chi connectivity index (χ2v) is 5.83. The molecule has 0 saturated carbocycles. The molecule has 7 nitrogen and oxygen atoms in total. The summed E-state index contributed by atoms with van der Waals surface area (Å²) in [5.41, 5.74) is 1.53. The topological polar surface area (TPSA) is 100 Å². The number of rotatable bonds is 8. The van der Waals surface area contributed by atoms with E-state index in [0.717, 1.165) is 10.7 Å². The van der Waals surface area contributed by atoms with Crippen LogP contribution < -0.4 is 15.4 Å². The van der Waals surface area contributed by atoms with E-state index in [9.17, 15) is 10.1 Å². The van der Waals surface area contributed by atoms with Crippen molar-refractivity contribution in [2.45, 2.75) is 0 Å². The number of nitro groups is 1. The third-order valence-corrected chi connectivity index (χ3v) is 3.81. The highest BCUT2D eigenvalue weighted by atomic mass is 79.9. The Kier molecular flexibility index (Phi) is 6.76. The molecule has 0 atom stereocenters. The highest BCUT2D eigenvalue weighted by Crippen LogP contribution is 2.28. The molecule has 0 unspecified atom stereocenters. The average molecular weight is 415 g/mol. The molecule has 2 rings (SSSR count). The van der Waals surface area contributed by atoms with Gasteiger partial charge in [0.25, 0.3) is 6.20 Å². The van der Waals surface area contributed by atoms with Crippen molar-refractivity contribution >= 4 is 27.3 Å². The molecule has 0 aromatic heterocycles. The van der Waals surface area contributed by atoms with Gasteiger partial charge in [-0.2, -0.15) is 5.26 Å². The van der Waals surface area contributed by atoms with E-state index >= 15 is 0 Å². The summed E-state index contributed by atoms with van der Waals surface area (Å²) >= 11 is 3.38. The lowest BCUT2D eigenvalue weighted by Crippen LogP contribution is -2.13. The lowest BCUT2D eigenvalue weighted by atomic mass is 10.2. The smallest absolute Gasteiger partial charge is 0.274 e. The Morgan fingerprint density at radius 1 is 1.31 bits per heavy atom. The fourth-order valence-electron chi connectivity index (χ4n) is 2.02. The van der Waals surface area contributed by atoms with Crippen LogP contribution in [0.15, 0.2) is 71.6 Å². The first-order valence-corrected chi connectivity index (χ1v) is 8.24. The van der Waals surface area contributed by atoms with Gasteiger partial charge in [0.05, 0.1) is 27.9 Å². The number of para-hydroxylation sites is 1. The van der Waals surface area contributed by atoms with Crippen LogP contribution in [0.3, 0.4) is 0 Å². The van der Waals surface area contributed by atoms with Gasteiger partial charge in [0.1, 0.15) is 12.4 Å². The number of hydrogen-bond acceptors (Lipinski definition) is 6. The lowest BCUT2D eigenvalue weighted by Gasteiger charge is -2.16. The van der Waals surface area contributed by atoms with Crippen LogP contribution in [0.2, 0.25) is 0 Å². The zero-order valence-electron chi connectivity index (χ0n) is 13.6. The first kappa shape index (κ1) is 19.0. The van der Waals surface area contributed by atoms with Crippen LogP contribution in [0.25, 0.3) is 0 Å². The number of ether oxygens (including phenoxy) is 1.